The fourth-order valence-corrected chi connectivity index (χ4v) is 5.72. The zero-order chi connectivity index (χ0) is 13.8. The molecule has 0 radical (unpaired) electrons. The van der Waals surface area contributed by atoms with E-state index >= 15 is 0 Å². The van der Waals surface area contributed by atoms with Crippen molar-refractivity contribution in [3.8, 4) is 5.75 Å². The molecule has 4 fully saturated rings. The van der Waals surface area contributed by atoms with Crippen LogP contribution in [-0.2, 0) is 0 Å². The summed E-state index contributed by atoms with van der Waals surface area (Å²) in [5.74, 6) is 2.72. The third-order valence-corrected chi connectivity index (χ3v) is 6.36. The third kappa shape index (κ3) is 2.01. The van der Waals surface area contributed by atoms with Crippen LogP contribution in [0.15, 0.2) is 28.7 Å². The Morgan fingerprint density at radius 2 is 1.85 bits per heavy atom. The molecule has 0 saturated heterocycles. The van der Waals surface area contributed by atoms with Gasteiger partial charge in [0.25, 0.3) is 0 Å². The van der Waals surface area contributed by atoms with Gasteiger partial charge in [-0.25, -0.2) is 0 Å². The number of halogens is 1. The normalized spacial score (nSPS) is 41.9. The van der Waals surface area contributed by atoms with Crippen LogP contribution in [0.3, 0.4) is 0 Å². The lowest BCUT2D eigenvalue weighted by molar-refractivity contribution is -0.126. The molecule has 4 bridgehead atoms. The highest BCUT2D eigenvalue weighted by atomic mass is 79.9. The summed E-state index contributed by atoms with van der Waals surface area (Å²) in [5, 5.41) is 3.64. The molecule has 2 nitrogen and oxygen atoms in total. The van der Waals surface area contributed by atoms with Gasteiger partial charge in [-0.2, -0.15) is 0 Å². The lowest BCUT2D eigenvalue weighted by Gasteiger charge is -2.61. The number of nitrogens with one attached hydrogen (secondary N) is 1. The summed E-state index contributed by atoms with van der Waals surface area (Å²) in [6.45, 7) is 0. The van der Waals surface area contributed by atoms with Gasteiger partial charge in [-0.1, -0.05) is 12.1 Å². The lowest BCUT2D eigenvalue weighted by Crippen LogP contribution is -2.65. The van der Waals surface area contributed by atoms with Crippen LogP contribution >= 0.6 is 15.9 Å². The van der Waals surface area contributed by atoms with Gasteiger partial charge in [0.15, 0.2) is 0 Å². The first-order valence-electron chi connectivity index (χ1n) is 7.75. The highest BCUT2D eigenvalue weighted by Gasteiger charge is 2.58. The van der Waals surface area contributed by atoms with Crippen LogP contribution in [0.25, 0.3) is 0 Å². The Balaban J connectivity index is 1.66. The van der Waals surface area contributed by atoms with Crippen molar-refractivity contribution in [3.05, 3.63) is 28.7 Å². The highest BCUT2D eigenvalue weighted by molar-refractivity contribution is 9.10. The van der Waals surface area contributed by atoms with Crippen LogP contribution in [-0.4, -0.2) is 18.2 Å². The molecule has 1 N–H and O–H groups in total. The number of rotatable bonds is 3. The lowest BCUT2D eigenvalue weighted by atomic mass is 9.51. The van der Waals surface area contributed by atoms with Gasteiger partial charge in [0, 0.05) is 12.0 Å². The first kappa shape index (κ1) is 13.1. The molecule has 4 saturated carbocycles. The van der Waals surface area contributed by atoms with Crippen molar-refractivity contribution in [3.63, 3.8) is 0 Å². The smallest absolute Gasteiger partial charge is 0.134 e. The van der Waals surface area contributed by atoms with Gasteiger partial charge in [0.05, 0.1) is 4.47 Å². The molecular formula is C17H22BrNO. The third-order valence-electron chi connectivity index (χ3n) is 5.70. The summed E-state index contributed by atoms with van der Waals surface area (Å²) in [6.07, 6.45) is 7.78. The Labute approximate surface area is 129 Å². The van der Waals surface area contributed by atoms with Crippen LogP contribution in [0.1, 0.15) is 38.5 Å². The van der Waals surface area contributed by atoms with E-state index in [-0.39, 0.29) is 5.60 Å². The summed E-state index contributed by atoms with van der Waals surface area (Å²) in [6, 6.07) is 8.28. The SMILES string of the molecule is CNC12CC3CC(C1)CC(Oc1ccccc1Br)(C3)C2. The summed E-state index contributed by atoms with van der Waals surface area (Å²) in [4.78, 5) is 0. The van der Waals surface area contributed by atoms with Crippen molar-refractivity contribution in [1.29, 1.82) is 0 Å². The zero-order valence-electron chi connectivity index (χ0n) is 12.0. The molecule has 4 aliphatic carbocycles. The van der Waals surface area contributed by atoms with Gasteiger partial charge in [-0.3, -0.25) is 0 Å². The molecule has 0 spiro atoms. The van der Waals surface area contributed by atoms with Gasteiger partial charge in [-0.05, 0) is 79.1 Å². The minimum atomic E-state index is 0.0664. The molecule has 0 aliphatic heterocycles. The van der Waals surface area contributed by atoms with E-state index in [0.29, 0.717) is 5.54 Å². The zero-order valence-corrected chi connectivity index (χ0v) is 13.6. The highest BCUT2D eigenvalue weighted by Crippen LogP contribution is 2.58. The first-order valence-corrected chi connectivity index (χ1v) is 8.54. The first-order chi connectivity index (χ1) is 9.62. The predicted octanol–water partition coefficient (Wildman–Crippen LogP) is 4.14. The van der Waals surface area contributed by atoms with Gasteiger partial charge in [-0.15, -0.1) is 0 Å². The van der Waals surface area contributed by atoms with Crippen LogP contribution in [0.5, 0.6) is 5.75 Å². The quantitative estimate of drug-likeness (QED) is 0.896. The number of benzene rings is 1. The monoisotopic (exact) mass is 335 g/mol. The van der Waals surface area contributed by atoms with Crippen LogP contribution in [0, 0.1) is 11.8 Å². The van der Waals surface area contributed by atoms with E-state index in [1.165, 1.54) is 38.5 Å². The van der Waals surface area contributed by atoms with Crippen molar-refractivity contribution in [2.45, 2.75) is 49.7 Å². The molecular weight excluding hydrogens is 314 g/mol. The standard InChI is InChI=1S/C17H22BrNO/c1-19-16-7-12-6-13(8-16)10-17(9-12,11-16)20-15-5-3-2-4-14(15)18/h2-5,12-13,19H,6-11H2,1H3. The van der Waals surface area contributed by atoms with E-state index in [2.05, 4.69) is 46.5 Å². The van der Waals surface area contributed by atoms with Crippen molar-refractivity contribution >= 4 is 15.9 Å². The molecule has 5 rings (SSSR count). The summed E-state index contributed by atoms with van der Waals surface area (Å²) in [5.41, 5.74) is 0.405. The maximum atomic E-state index is 6.59. The minimum absolute atomic E-state index is 0.0664. The van der Waals surface area contributed by atoms with Crippen LogP contribution < -0.4 is 10.1 Å². The molecule has 2 atom stereocenters. The average Bonchev–Trinajstić information content (AvgIpc) is 2.40. The van der Waals surface area contributed by atoms with E-state index in [1.54, 1.807) is 0 Å². The van der Waals surface area contributed by atoms with Crippen molar-refractivity contribution < 1.29 is 4.74 Å². The van der Waals surface area contributed by atoms with Gasteiger partial charge in [0.1, 0.15) is 11.4 Å². The maximum absolute atomic E-state index is 6.59. The Bertz CT molecular complexity index is 515. The maximum Gasteiger partial charge on any atom is 0.134 e. The van der Waals surface area contributed by atoms with E-state index in [1.807, 2.05) is 6.07 Å². The molecule has 108 valence electrons. The average molecular weight is 336 g/mol. The Hall–Kier alpha value is -0.540. The Morgan fingerprint density at radius 1 is 1.15 bits per heavy atom. The summed E-state index contributed by atoms with van der Waals surface area (Å²) in [7, 11) is 2.14. The van der Waals surface area contributed by atoms with E-state index in [4.69, 9.17) is 4.74 Å². The van der Waals surface area contributed by atoms with Crippen molar-refractivity contribution in [2.24, 2.45) is 11.8 Å². The number of ether oxygens (including phenoxy) is 1. The van der Waals surface area contributed by atoms with Crippen LogP contribution in [0.2, 0.25) is 0 Å². The van der Waals surface area contributed by atoms with Gasteiger partial charge in [0.2, 0.25) is 0 Å². The van der Waals surface area contributed by atoms with Crippen molar-refractivity contribution in [1.82, 2.24) is 5.32 Å². The molecule has 0 amide bonds. The van der Waals surface area contributed by atoms with Crippen molar-refractivity contribution in [2.75, 3.05) is 7.05 Å². The van der Waals surface area contributed by atoms with Crippen LogP contribution in [0.4, 0.5) is 0 Å². The second kappa shape index (κ2) is 4.48. The molecule has 4 aliphatic rings. The van der Waals surface area contributed by atoms with E-state index in [0.717, 1.165) is 22.1 Å². The minimum Gasteiger partial charge on any atom is -0.486 e. The summed E-state index contributed by atoms with van der Waals surface area (Å²) >= 11 is 3.63. The topological polar surface area (TPSA) is 21.3 Å². The molecule has 3 heteroatoms. The van der Waals surface area contributed by atoms with E-state index < -0.39 is 0 Å². The fraction of sp³-hybridized carbons (Fsp3) is 0.647. The number of hydrogen-bond acceptors (Lipinski definition) is 2. The molecule has 0 aromatic heterocycles. The molecule has 1 aromatic rings. The Morgan fingerprint density at radius 3 is 2.50 bits per heavy atom. The second-order valence-corrected chi connectivity index (χ2v) is 8.06. The molecule has 1 aromatic carbocycles. The number of hydrogen-bond donors (Lipinski definition) is 1. The Kier molecular flexibility index (Phi) is 2.94. The number of para-hydroxylation sites is 1. The van der Waals surface area contributed by atoms with Gasteiger partial charge >= 0.3 is 0 Å². The van der Waals surface area contributed by atoms with E-state index in [9.17, 15) is 0 Å². The predicted molar refractivity (Wildman–Crippen MR) is 84.0 cm³/mol. The largest absolute Gasteiger partial charge is 0.486 e. The molecule has 20 heavy (non-hydrogen) atoms. The second-order valence-electron chi connectivity index (χ2n) is 7.21. The fourth-order valence-electron chi connectivity index (χ4n) is 5.35. The molecule has 0 heterocycles. The van der Waals surface area contributed by atoms with Gasteiger partial charge < -0.3 is 10.1 Å². The summed E-state index contributed by atoms with van der Waals surface area (Å²) < 4.78 is 7.66. The molecule has 2 unspecified atom stereocenters.